The van der Waals surface area contributed by atoms with Gasteiger partial charge < -0.3 is 19.7 Å². The molecule has 0 radical (unpaired) electrons. The number of carbonyl (C=O) groups is 6. The fourth-order valence-electron chi connectivity index (χ4n) is 8.50. The van der Waals surface area contributed by atoms with Crippen LogP contribution in [0.4, 0.5) is 4.79 Å². The van der Waals surface area contributed by atoms with Crippen molar-refractivity contribution < 1.29 is 38.2 Å². The number of rotatable bonds is 15. The maximum Gasteiger partial charge on any atom is 0.408 e. The molecule has 50 heavy (non-hydrogen) atoms. The lowest BCUT2D eigenvalue weighted by Crippen LogP contribution is -2.57. The van der Waals surface area contributed by atoms with Gasteiger partial charge in [-0.1, -0.05) is 82.7 Å². The third kappa shape index (κ3) is 9.21. The number of amides is 2. The number of likely N-dealkylation sites (tertiary alicyclic amines) is 1. The lowest BCUT2D eigenvalue weighted by atomic mass is 9.75. The smallest absolute Gasteiger partial charge is 0.408 e. The van der Waals surface area contributed by atoms with E-state index < -0.39 is 47.2 Å². The van der Waals surface area contributed by atoms with Crippen LogP contribution in [0.15, 0.2) is 30.3 Å². The molecule has 1 aromatic carbocycles. The minimum absolute atomic E-state index is 0.0537. The normalized spacial score (nSPS) is 24.3. The van der Waals surface area contributed by atoms with E-state index in [1.165, 1.54) is 0 Å². The molecule has 10 heteroatoms. The van der Waals surface area contributed by atoms with Crippen LogP contribution < -0.4 is 5.32 Å². The van der Waals surface area contributed by atoms with Crippen molar-refractivity contribution in [1.29, 1.82) is 0 Å². The summed E-state index contributed by atoms with van der Waals surface area (Å²) in [7, 11) is 0. The van der Waals surface area contributed by atoms with Gasteiger partial charge in [-0.2, -0.15) is 0 Å². The van der Waals surface area contributed by atoms with Gasteiger partial charge in [0.25, 0.3) is 0 Å². The van der Waals surface area contributed by atoms with Crippen molar-refractivity contribution in [2.75, 3.05) is 6.54 Å². The number of benzene rings is 1. The minimum atomic E-state index is -0.809. The van der Waals surface area contributed by atoms with Gasteiger partial charge in [0.2, 0.25) is 11.7 Å². The molecule has 0 aromatic heterocycles. The third-order valence-electron chi connectivity index (χ3n) is 11.6. The van der Waals surface area contributed by atoms with Gasteiger partial charge in [-0.15, -0.1) is 0 Å². The molecule has 5 rings (SSSR count). The zero-order chi connectivity index (χ0) is 36.2. The van der Waals surface area contributed by atoms with Crippen LogP contribution in [-0.2, 0) is 40.1 Å². The number of ketones is 3. The Kier molecular flexibility index (Phi) is 11.9. The van der Waals surface area contributed by atoms with Crippen molar-refractivity contribution in [2.24, 2.45) is 35.0 Å². The van der Waals surface area contributed by atoms with Crippen LogP contribution in [0.1, 0.15) is 117 Å². The van der Waals surface area contributed by atoms with Gasteiger partial charge in [-0.05, 0) is 74.7 Å². The van der Waals surface area contributed by atoms with Crippen LogP contribution >= 0.6 is 0 Å². The monoisotopic (exact) mass is 692 g/mol. The van der Waals surface area contributed by atoms with E-state index in [9.17, 15) is 28.8 Å². The first-order valence-electron chi connectivity index (χ1n) is 18.7. The molecule has 3 saturated carbocycles. The molecule has 10 nitrogen and oxygen atoms in total. The van der Waals surface area contributed by atoms with Crippen LogP contribution in [0.2, 0.25) is 0 Å². The summed E-state index contributed by atoms with van der Waals surface area (Å²) in [6.07, 6.45) is 6.75. The van der Waals surface area contributed by atoms with Crippen LogP contribution in [0.5, 0.6) is 0 Å². The average molecular weight is 693 g/mol. The summed E-state index contributed by atoms with van der Waals surface area (Å²) in [6, 6.07) is 7.69. The standard InChI is InChI=1S/C40H56N2O8/c1-39(2,3)50-38(48)41-34(27-17-10-7-11-18-27)37(47)42-23-29-33(40(29,4)5)35(42)31(44)22-28(21-25-15-12-16-25)36(46)30(43)19-20-32(45)49-24-26-13-8-6-9-14-26/h6,8-9,13-14,25,27-29,33-35H,7,10-12,15-24H2,1-5H3,(H,41,48)/t28?,29-,33-,34-,35?/m0/s1. The number of piperidine rings is 1. The average Bonchev–Trinajstić information content (AvgIpc) is 3.36. The van der Waals surface area contributed by atoms with Gasteiger partial charge in [-0.3, -0.25) is 24.0 Å². The molecule has 1 saturated heterocycles. The Morgan fingerprint density at radius 3 is 2.22 bits per heavy atom. The second kappa shape index (κ2) is 15.8. The van der Waals surface area contributed by atoms with Crippen LogP contribution in [0.3, 0.4) is 0 Å². The van der Waals surface area contributed by atoms with E-state index in [1.54, 1.807) is 25.7 Å². The van der Waals surface area contributed by atoms with Crippen molar-refractivity contribution in [3.63, 3.8) is 0 Å². The van der Waals surface area contributed by atoms with E-state index in [1.807, 2.05) is 30.3 Å². The summed E-state index contributed by atoms with van der Waals surface area (Å²) < 4.78 is 10.8. The summed E-state index contributed by atoms with van der Waals surface area (Å²) >= 11 is 0. The number of nitrogens with one attached hydrogen (secondary N) is 1. The molecular formula is C40H56N2O8. The van der Waals surface area contributed by atoms with E-state index in [0.29, 0.717) is 13.0 Å². The van der Waals surface area contributed by atoms with Gasteiger partial charge in [0, 0.05) is 25.3 Å². The Balaban J connectivity index is 1.27. The maximum atomic E-state index is 14.4. The SMILES string of the molecule is CC(C)(C)OC(=O)N[C@H](C(=O)N1C[C@H]2[C@@H](C1C(=O)CC(CC1CCC1)C(=O)C(=O)CCC(=O)OCc1ccccc1)C2(C)C)C1CCCCC1. The molecule has 2 amide bonds. The largest absolute Gasteiger partial charge is 0.461 e. The number of nitrogens with zero attached hydrogens (tertiary/aromatic N) is 1. The van der Waals surface area contributed by atoms with Crippen LogP contribution in [-0.4, -0.2) is 64.4 Å². The number of hydrogen-bond acceptors (Lipinski definition) is 8. The van der Waals surface area contributed by atoms with Crippen molar-refractivity contribution in [1.82, 2.24) is 10.2 Å². The Labute approximate surface area is 296 Å². The molecule has 1 N–H and O–H groups in total. The highest BCUT2D eigenvalue weighted by molar-refractivity contribution is 6.38. The highest BCUT2D eigenvalue weighted by Gasteiger charge is 2.69. The van der Waals surface area contributed by atoms with E-state index in [2.05, 4.69) is 19.2 Å². The van der Waals surface area contributed by atoms with E-state index >= 15 is 0 Å². The lowest BCUT2D eigenvalue weighted by Gasteiger charge is -2.37. The quantitative estimate of drug-likeness (QED) is 0.166. The summed E-state index contributed by atoms with van der Waals surface area (Å²) in [6.45, 7) is 10.1. The predicted octanol–water partition coefficient (Wildman–Crippen LogP) is 6.37. The fourth-order valence-corrected chi connectivity index (χ4v) is 8.50. The summed E-state index contributed by atoms with van der Waals surface area (Å²) in [5.74, 6) is -2.82. The Hall–Kier alpha value is -3.56. The van der Waals surface area contributed by atoms with E-state index in [4.69, 9.17) is 9.47 Å². The fraction of sp³-hybridized carbons (Fsp3) is 0.700. The van der Waals surface area contributed by atoms with Crippen molar-refractivity contribution in [3.8, 4) is 0 Å². The van der Waals surface area contributed by atoms with Crippen LogP contribution in [0, 0.1) is 35.0 Å². The molecule has 4 aliphatic rings. The molecule has 1 aromatic rings. The van der Waals surface area contributed by atoms with Gasteiger partial charge in [0.1, 0.15) is 18.2 Å². The molecule has 274 valence electrons. The van der Waals surface area contributed by atoms with Crippen molar-refractivity contribution >= 4 is 35.3 Å². The van der Waals surface area contributed by atoms with Gasteiger partial charge in [0.15, 0.2) is 11.6 Å². The number of hydrogen-bond donors (Lipinski definition) is 1. The summed E-state index contributed by atoms with van der Waals surface area (Å²) in [5.41, 5.74) is -0.0443. The summed E-state index contributed by atoms with van der Waals surface area (Å²) in [5, 5.41) is 2.89. The molecule has 2 unspecified atom stereocenters. The number of ether oxygens (including phenoxy) is 2. The predicted molar refractivity (Wildman–Crippen MR) is 187 cm³/mol. The van der Waals surface area contributed by atoms with E-state index in [0.717, 1.165) is 56.9 Å². The maximum absolute atomic E-state index is 14.4. The number of alkyl carbamates (subject to hydrolysis) is 1. The summed E-state index contributed by atoms with van der Waals surface area (Å²) in [4.78, 5) is 82.7. The third-order valence-corrected chi connectivity index (χ3v) is 11.6. The second-order valence-corrected chi connectivity index (χ2v) is 16.7. The molecule has 5 atom stereocenters. The highest BCUT2D eigenvalue weighted by Crippen LogP contribution is 2.65. The zero-order valence-electron chi connectivity index (χ0n) is 30.5. The highest BCUT2D eigenvalue weighted by atomic mass is 16.6. The molecular weight excluding hydrogens is 636 g/mol. The van der Waals surface area contributed by atoms with Gasteiger partial charge in [-0.25, -0.2) is 4.79 Å². The Morgan fingerprint density at radius 1 is 0.920 bits per heavy atom. The van der Waals surface area contributed by atoms with Gasteiger partial charge in [0.05, 0.1) is 12.5 Å². The lowest BCUT2D eigenvalue weighted by molar-refractivity contribution is -0.147. The van der Waals surface area contributed by atoms with E-state index in [-0.39, 0.29) is 66.6 Å². The first-order chi connectivity index (χ1) is 23.7. The second-order valence-electron chi connectivity index (χ2n) is 16.7. The molecule has 0 spiro atoms. The zero-order valence-corrected chi connectivity index (χ0v) is 30.5. The van der Waals surface area contributed by atoms with Crippen molar-refractivity contribution in [3.05, 3.63) is 35.9 Å². The number of carbonyl (C=O) groups excluding carboxylic acids is 6. The number of Topliss-reactive ketones (excluding diaryl/α,β-unsaturated/α-hetero) is 3. The topological polar surface area (TPSA) is 136 Å². The molecule has 1 heterocycles. The molecule has 3 aliphatic carbocycles. The molecule has 4 fully saturated rings. The number of esters is 1. The Bertz CT molecular complexity index is 1420. The first kappa shape index (κ1) is 37.7. The van der Waals surface area contributed by atoms with Gasteiger partial charge >= 0.3 is 12.1 Å². The molecule has 1 aliphatic heterocycles. The van der Waals surface area contributed by atoms with Crippen molar-refractivity contribution in [2.45, 2.75) is 136 Å². The molecule has 0 bridgehead atoms. The first-order valence-corrected chi connectivity index (χ1v) is 18.7. The number of fused-ring (bicyclic) bond motifs is 1. The van der Waals surface area contributed by atoms with Crippen LogP contribution in [0.25, 0.3) is 0 Å². The minimum Gasteiger partial charge on any atom is -0.461 e. The Morgan fingerprint density at radius 2 is 1.60 bits per heavy atom.